The van der Waals surface area contributed by atoms with Gasteiger partial charge in [0.15, 0.2) is 5.78 Å². The molecule has 1 atom stereocenters. The van der Waals surface area contributed by atoms with Crippen LogP contribution in [0.25, 0.3) is 0 Å². The summed E-state index contributed by atoms with van der Waals surface area (Å²) in [6.07, 6.45) is 1.27. The summed E-state index contributed by atoms with van der Waals surface area (Å²) in [6.45, 7) is 8.11. The summed E-state index contributed by atoms with van der Waals surface area (Å²) in [6, 6.07) is 9.68. The predicted molar refractivity (Wildman–Crippen MR) is 122 cm³/mol. The van der Waals surface area contributed by atoms with E-state index in [1.54, 1.807) is 23.5 Å². The topological polar surface area (TPSA) is 51.2 Å². The molecule has 1 unspecified atom stereocenters. The summed E-state index contributed by atoms with van der Waals surface area (Å²) in [5, 5.41) is 0. The zero-order valence-corrected chi connectivity index (χ0v) is 19.4. The average Bonchev–Trinajstić information content (AvgIpc) is 2.66. The van der Waals surface area contributed by atoms with Crippen LogP contribution in [0, 0.1) is 10.8 Å². The Balaban J connectivity index is 2.16. The Morgan fingerprint density at radius 3 is 2.00 bits per heavy atom. The number of Topliss-reactive ketones (excluding diaryl/α,β-unsaturated/α-hetero) is 3. The SMILES string of the molecule is CCSC(SCC)=C1CC2(C(=O)CC(C)(C)CC2=O)C(c2ccccc2)CC1=O. The number of hydrogen-bond donors (Lipinski definition) is 0. The molecular formula is C24H30O3S2. The van der Waals surface area contributed by atoms with Gasteiger partial charge in [0.05, 0.1) is 5.41 Å². The van der Waals surface area contributed by atoms with E-state index >= 15 is 0 Å². The summed E-state index contributed by atoms with van der Waals surface area (Å²) < 4.78 is 0.997. The maximum absolute atomic E-state index is 13.6. The van der Waals surface area contributed by atoms with Crippen LogP contribution in [-0.4, -0.2) is 28.9 Å². The van der Waals surface area contributed by atoms with Crippen LogP contribution in [0.2, 0.25) is 0 Å². The monoisotopic (exact) mass is 430 g/mol. The van der Waals surface area contributed by atoms with Crippen molar-refractivity contribution in [3.8, 4) is 0 Å². The van der Waals surface area contributed by atoms with E-state index in [1.165, 1.54) is 0 Å². The first-order valence-electron chi connectivity index (χ1n) is 10.4. The van der Waals surface area contributed by atoms with Crippen LogP contribution in [0.4, 0.5) is 0 Å². The third-order valence-electron chi connectivity index (χ3n) is 6.05. The number of hydrogen-bond acceptors (Lipinski definition) is 5. The Bertz CT molecular complexity index is 811. The van der Waals surface area contributed by atoms with Gasteiger partial charge in [-0.15, -0.1) is 23.5 Å². The molecule has 0 aliphatic heterocycles. The van der Waals surface area contributed by atoms with E-state index in [-0.39, 0.29) is 41.5 Å². The highest BCUT2D eigenvalue weighted by molar-refractivity contribution is 8.22. The summed E-state index contributed by atoms with van der Waals surface area (Å²) in [5.74, 6) is 1.48. The van der Waals surface area contributed by atoms with E-state index in [2.05, 4.69) is 13.8 Å². The molecule has 2 aliphatic carbocycles. The summed E-state index contributed by atoms with van der Waals surface area (Å²) >= 11 is 3.31. The fourth-order valence-corrected chi connectivity index (χ4v) is 7.01. The molecule has 0 N–H and O–H groups in total. The van der Waals surface area contributed by atoms with E-state index in [4.69, 9.17) is 0 Å². The zero-order chi connectivity index (χ0) is 21.2. The zero-order valence-electron chi connectivity index (χ0n) is 17.7. The molecule has 1 spiro atoms. The van der Waals surface area contributed by atoms with Gasteiger partial charge in [0.1, 0.15) is 11.6 Å². The summed E-state index contributed by atoms with van der Waals surface area (Å²) in [7, 11) is 0. The van der Waals surface area contributed by atoms with Crippen LogP contribution in [0.1, 0.15) is 64.9 Å². The van der Waals surface area contributed by atoms with Gasteiger partial charge in [-0.1, -0.05) is 58.0 Å². The van der Waals surface area contributed by atoms with Crippen LogP contribution in [0.5, 0.6) is 0 Å². The standard InChI is InChI=1S/C24H30O3S2/c1-5-28-22(29-6-2)17-13-24(20(26)14-23(3,4)15-21(24)27)18(12-19(17)25)16-10-8-7-9-11-16/h7-11,18H,5-6,12-15H2,1-4H3. The van der Waals surface area contributed by atoms with Crippen molar-refractivity contribution in [2.24, 2.45) is 10.8 Å². The minimum atomic E-state index is -1.10. The van der Waals surface area contributed by atoms with Crippen molar-refractivity contribution in [1.82, 2.24) is 0 Å². The fourth-order valence-electron chi connectivity index (χ4n) is 4.72. The molecular weight excluding hydrogens is 400 g/mol. The highest BCUT2D eigenvalue weighted by Gasteiger charge is 2.59. The second-order valence-corrected chi connectivity index (χ2v) is 11.5. The molecule has 0 aromatic heterocycles. The van der Waals surface area contributed by atoms with Crippen molar-refractivity contribution >= 4 is 40.9 Å². The molecule has 2 fully saturated rings. The third-order valence-corrected chi connectivity index (χ3v) is 8.35. The van der Waals surface area contributed by atoms with Crippen molar-refractivity contribution in [2.75, 3.05) is 11.5 Å². The smallest absolute Gasteiger partial charge is 0.161 e. The maximum Gasteiger partial charge on any atom is 0.161 e. The highest BCUT2D eigenvalue weighted by Crippen LogP contribution is 2.56. The van der Waals surface area contributed by atoms with Crippen LogP contribution in [-0.2, 0) is 14.4 Å². The molecule has 1 aromatic carbocycles. The van der Waals surface area contributed by atoms with E-state index < -0.39 is 5.41 Å². The van der Waals surface area contributed by atoms with Gasteiger partial charge in [-0.3, -0.25) is 14.4 Å². The van der Waals surface area contributed by atoms with Gasteiger partial charge in [0, 0.05) is 35.0 Å². The van der Waals surface area contributed by atoms with Gasteiger partial charge in [0.25, 0.3) is 0 Å². The van der Waals surface area contributed by atoms with Crippen molar-refractivity contribution in [3.05, 3.63) is 45.7 Å². The first kappa shape index (κ1) is 22.4. The number of allylic oxidation sites excluding steroid dienone is 1. The first-order chi connectivity index (χ1) is 13.7. The molecule has 0 saturated heterocycles. The third kappa shape index (κ3) is 4.27. The van der Waals surface area contributed by atoms with E-state index in [9.17, 15) is 14.4 Å². The van der Waals surface area contributed by atoms with Gasteiger partial charge in [0.2, 0.25) is 0 Å². The lowest BCUT2D eigenvalue weighted by molar-refractivity contribution is -0.151. The largest absolute Gasteiger partial charge is 0.299 e. The lowest BCUT2D eigenvalue weighted by atomic mass is 9.52. The average molecular weight is 431 g/mol. The van der Waals surface area contributed by atoms with Gasteiger partial charge in [-0.05, 0) is 28.9 Å². The molecule has 29 heavy (non-hydrogen) atoms. The second-order valence-electron chi connectivity index (χ2n) is 8.73. The Morgan fingerprint density at radius 1 is 0.931 bits per heavy atom. The molecule has 0 heterocycles. The van der Waals surface area contributed by atoms with Crippen molar-refractivity contribution in [1.29, 1.82) is 0 Å². The lowest BCUT2D eigenvalue weighted by Crippen LogP contribution is -2.54. The fraction of sp³-hybridized carbons (Fsp3) is 0.542. The number of carbonyl (C=O) groups is 3. The number of rotatable bonds is 5. The quantitative estimate of drug-likeness (QED) is 0.437. The molecule has 3 rings (SSSR count). The number of carbonyl (C=O) groups excluding carboxylic acids is 3. The Labute approximate surface area is 182 Å². The second kappa shape index (κ2) is 8.81. The van der Waals surface area contributed by atoms with E-state index in [1.807, 2.05) is 44.2 Å². The number of ketones is 3. The minimum Gasteiger partial charge on any atom is -0.299 e. The summed E-state index contributed by atoms with van der Waals surface area (Å²) in [4.78, 5) is 40.4. The van der Waals surface area contributed by atoms with Gasteiger partial charge in [-0.2, -0.15) is 0 Å². The number of thioether (sulfide) groups is 2. The molecule has 0 bridgehead atoms. The van der Waals surface area contributed by atoms with Gasteiger partial charge in [-0.25, -0.2) is 0 Å². The Kier molecular flexibility index (Phi) is 6.79. The molecule has 2 saturated carbocycles. The van der Waals surface area contributed by atoms with Gasteiger partial charge < -0.3 is 0 Å². The molecule has 3 nitrogen and oxygen atoms in total. The highest BCUT2D eigenvalue weighted by atomic mass is 32.2. The van der Waals surface area contributed by atoms with Crippen LogP contribution in [0.3, 0.4) is 0 Å². The normalized spacial score (nSPS) is 23.5. The van der Waals surface area contributed by atoms with Gasteiger partial charge >= 0.3 is 0 Å². The van der Waals surface area contributed by atoms with Crippen molar-refractivity contribution in [2.45, 2.75) is 59.3 Å². The van der Waals surface area contributed by atoms with Crippen molar-refractivity contribution in [3.63, 3.8) is 0 Å². The molecule has 0 amide bonds. The first-order valence-corrected chi connectivity index (χ1v) is 12.4. The molecule has 2 aliphatic rings. The van der Waals surface area contributed by atoms with Crippen molar-refractivity contribution < 1.29 is 14.4 Å². The number of benzene rings is 1. The molecule has 5 heteroatoms. The van der Waals surface area contributed by atoms with E-state index in [0.29, 0.717) is 18.4 Å². The molecule has 1 aromatic rings. The molecule has 0 radical (unpaired) electrons. The van der Waals surface area contributed by atoms with Crippen LogP contribution >= 0.6 is 23.5 Å². The predicted octanol–water partition coefficient (Wildman–Crippen LogP) is 5.80. The van der Waals surface area contributed by atoms with Crippen LogP contribution in [0.15, 0.2) is 40.1 Å². The summed E-state index contributed by atoms with van der Waals surface area (Å²) in [5.41, 5.74) is 0.213. The Hall–Kier alpha value is -1.33. The Morgan fingerprint density at radius 2 is 1.48 bits per heavy atom. The van der Waals surface area contributed by atoms with E-state index in [0.717, 1.165) is 21.3 Å². The molecule has 156 valence electrons. The van der Waals surface area contributed by atoms with Crippen LogP contribution < -0.4 is 0 Å². The maximum atomic E-state index is 13.6. The minimum absolute atomic E-state index is 0.0138. The lowest BCUT2D eigenvalue weighted by Gasteiger charge is -2.48.